The van der Waals surface area contributed by atoms with Crippen LogP contribution in [-0.2, 0) is 19.1 Å². The van der Waals surface area contributed by atoms with Gasteiger partial charge in [0.25, 0.3) is 0 Å². The van der Waals surface area contributed by atoms with Crippen molar-refractivity contribution in [3.63, 3.8) is 0 Å². The molecule has 41 heavy (non-hydrogen) atoms. The number of benzene rings is 2. The lowest BCUT2D eigenvalue weighted by molar-refractivity contribution is -0.151. The lowest BCUT2D eigenvalue weighted by atomic mass is 9.98. The summed E-state index contributed by atoms with van der Waals surface area (Å²) in [7, 11) is 4.59. The zero-order valence-electron chi connectivity index (χ0n) is 24.4. The van der Waals surface area contributed by atoms with E-state index in [1.165, 1.54) is 21.7 Å². The number of nitrogens with zero attached hydrogens (tertiary/aromatic N) is 3. The number of carbonyl (C=O) groups is 4. The van der Waals surface area contributed by atoms with Crippen LogP contribution < -0.4 is 0 Å². The first-order valence-corrected chi connectivity index (χ1v) is 14.4. The molecule has 2 atom stereocenters. The van der Waals surface area contributed by atoms with Crippen molar-refractivity contribution < 1.29 is 29.0 Å². The van der Waals surface area contributed by atoms with Crippen LogP contribution in [0.25, 0.3) is 11.1 Å². The number of hydrogen-bond acceptors (Lipinski definition) is 5. The Balaban J connectivity index is 1.48. The Morgan fingerprint density at radius 2 is 1.46 bits per heavy atom. The largest absolute Gasteiger partial charge is 0.481 e. The third-order valence-corrected chi connectivity index (χ3v) is 8.57. The zero-order valence-corrected chi connectivity index (χ0v) is 24.4. The number of hydrogen-bond donors (Lipinski definition) is 1. The molecule has 0 aliphatic heterocycles. The second-order valence-corrected chi connectivity index (χ2v) is 11.4. The molecule has 9 nitrogen and oxygen atoms in total. The Kier molecular flexibility index (Phi) is 9.68. The molecule has 2 aliphatic carbocycles. The van der Waals surface area contributed by atoms with Crippen molar-refractivity contribution >= 4 is 23.9 Å². The van der Waals surface area contributed by atoms with Crippen molar-refractivity contribution in [2.75, 3.05) is 34.3 Å². The van der Waals surface area contributed by atoms with Crippen LogP contribution in [0.2, 0.25) is 0 Å². The normalized spacial score (nSPS) is 15.9. The monoisotopic (exact) mass is 563 g/mol. The summed E-state index contributed by atoms with van der Waals surface area (Å²) in [6.07, 6.45) is 3.91. The van der Waals surface area contributed by atoms with E-state index in [0.717, 1.165) is 47.9 Å². The fourth-order valence-corrected chi connectivity index (χ4v) is 6.09. The van der Waals surface area contributed by atoms with E-state index in [2.05, 4.69) is 12.1 Å². The van der Waals surface area contributed by atoms with Crippen LogP contribution in [0.5, 0.6) is 0 Å². The molecule has 0 bridgehead atoms. The molecule has 1 N–H and O–H groups in total. The van der Waals surface area contributed by atoms with Gasteiger partial charge in [0.15, 0.2) is 0 Å². The molecule has 1 saturated carbocycles. The summed E-state index contributed by atoms with van der Waals surface area (Å²) in [6, 6.07) is 14.0. The molecule has 0 saturated heterocycles. The number of rotatable bonds is 11. The SMILES string of the molecule is C[C@@H](C(=O)N(CCC1CCCC1)[C@@H](CC(=O)O)C(=O)N(C)C)N(C)C(=O)OCC1c2ccccc2-c2ccccc21. The van der Waals surface area contributed by atoms with Gasteiger partial charge in [-0.25, -0.2) is 4.79 Å². The van der Waals surface area contributed by atoms with E-state index in [-0.39, 0.29) is 19.1 Å². The highest BCUT2D eigenvalue weighted by Crippen LogP contribution is 2.44. The summed E-state index contributed by atoms with van der Waals surface area (Å²) in [5.41, 5.74) is 4.41. The van der Waals surface area contributed by atoms with E-state index in [1.54, 1.807) is 21.0 Å². The summed E-state index contributed by atoms with van der Waals surface area (Å²) < 4.78 is 5.75. The van der Waals surface area contributed by atoms with Crippen LogP contribution in [0.3, 0.4) is 0 Å². The van der Waals surface area contributed by atoms with Gasteiger partial charge in [-0.1, -0.05) is 74.2 Å². The average Bonchev–Trinajstić information content (AvgIpc) is 3.60. The van der Waals surface area contributed by atoms with Gasteiger partial charge in [0.2, 0.25) is 11.8 Å². The zero-order chi connectivity index (χ0) is 29.7. The first kappa shape index (κ1) is 30.1. The Morgan fingerprint density at radius 1 is 0.902 bits per heavy atom. The smallest absolute Gasteiger partial charge is 0.410 e. The first-order chi connectivity index (χ1) is 19.6. The summed E-state index contributed by atoms with van der Waals surface area (Å²) in [5.74, 6) is -1.78. The van der Waals surface area contributed by atoms with Gasteiger partial charge >= 0.3 is 12.1 Å². The lowest BCUT2D eigenvalue weighted by Crippen LogP contribution is -2.56. The van der Waals surface area contributed by atoms with Crippen molar-refractivity contribution in [3.8, 4) is 11.1 Å². The Labute approximate surface area is 242 Å². The Hall–Kier alpha value is -3.88. The quantitative estimate of drug-likeness (QED) is 0.428. The minimum atomic E-state index is -1.17. The van der Waals surface area contributed by atoms with Gasteiger partial charge in [-0.15, -0.1) is 0 Å². The third-order valence-electron chi connectivity index (χ3n) is 8.57. The van der Waals surface area contributed by atoms with Crippen LogP contribution in [0, 0.1) is 5.92 Å². The number of carboxylic acids is 1. The minimum Gasteiger partial charge on any atom is -0.481 e. The van der Waals surface area contributed by atoms with Crippen molar-refractivity contribution in [2.45, 2.75) is 63.5 Å². The van der Waals surface area contributed by atoms with E-state index in [1.807, 2.05) is 36.4 Å². The number of fused-ring (bicyclic) bond motifs is 3. The molecular formula is C32H41N3O6. The van der Waals surface area contributed by atoms with Gasteiger partial charge in [0, 0.05) is 33.6 Å². The van der Waals surface area contributed by atoms with Gasteiger partial charge in [0.1, 0.15) is 18.7 Å². The topological polar surface area (TPSA) is 107 Å². The molecule has 0 heterocycles. The molecule has 3 amide bonds. The second-order valence-electron chi connectivity index (χ2n) is 11.4. The van der Waals surface area contributed by atoms with Crippen LogP contribution in [0.1, 0.15) is 62.5 Å². The maximum absolute atomic E-state index is 13.8. The molecule has 0 unspecified atom stereocenters. The molecule has 0 aromatic heterocycles. The van der Waals surface area contributed by atoms with Crippen LogP contribution in [0.15, 0.2) is 48.5 Å². The van der Waals surface area contributed by atoms with Crippen molar-refractivity contribution in [1.29, 1.82) is 0 Å². The molecule has 0 radical (unpaired) electrons. The van der Waals surface area contributed by atoms with Crippen molar-refractivity contribution in [2.24, 2.45) is 5.92 Å². The number of ether oxygens (including phenoxy) is 1. The summed E-state index contributed by atoms with van der Waals surface area (Å²) >= 11 is 0. The summed E-state index contributed by atoms with van der Waals surface area (Å²) in [5, 5.41) is 9.58. The lowest BCUT2D eigenvalue weighted by Gasteiger charge is -2.36. The fraction of sp³-hybridized carbons (Fsp3) is 0.500. The fourth-order valence-electron chi connectivity index (χ4n) is 6.09. The van der Waals surface area contributed by atoms with E-state index in [9.17, 15) is 24.3 Å². The van der Waals surface area contributed by atoms with Crippen LogP contribution in [0.4, 0.5) is 4.79 Å². The van der Waals surface area contributed by atoms with E-state index < -0.39 is 42.4 Å². The summed E-state index contributed by atoms with van der Waals surface area (Å²) in [6.45, 7) is 1.96. The molecule has 9 heteroatoms. The van der Waals surface area contributed by atoms with E-state index >= 15 is 0 Å². The number of likely N-dealkylation sites (N-methyl/N-ethyl adjacent to an activating group) is 2. The van der Waals surface area contributed by atoms with E-state index in [0.29, 0.717) is 12.3 Å². The highest BCUT2D eigenvalue weighted by Gasteiger charge is 2.38. The maximum Gasteiger partial charge on any atom is 0.410 e. The third kappa shape index (κ3) is 6.72. The number of carbonyl (C=O) groups excluding carboxylic acids is 3. The molecule has 220 valence electrons. The van der Waals surface area contributed by atoms with Gasteiger partial charge in [0.05, 0.1) is 6.42 Å². The average molecular weight is 564 g/mol. The number of carboxylic acid groups (broad SMARTS) is 1. The highest BCUT2D eigenvalue weighted by atomic mass is 16.6. The standard InChI is InChI=1S/C32H41N3O6/c1-21(30(38)35(18-17-22-11-5-6-12-22)28(19-29(36)37)31(39)33(2)3)34(4)32(40)41-20-27-25-15-9-7-13-23(25)24-14-8-10-16-26(24)27/h7-10,13-16,21-22,27-28H,5-6,11-12,17-20H2,1-4H3,(H,36,37)/t21-,28-/m0/s1. The molecule has 2 aromatic rings. The molecule has 1 fully saturated rings. The van der Waals surface area contributed by atoms with E-state index in [4.69, 9.17) is 4.74 Å². The second kappa shape index (κ2) is 13.2. The summed E-state index contributed by atoms with van der Waals surface area (Å²) in [4.78, 5) is 55.8. The van der Waals surface area contributed by atoms with Gasteiger partial charge in [-0.2, -0.15) is 0 Å². The Bertz CT molecular complexity index is 1230. The van der Waals surface area contributed by atoms with Crippen LogP contribution in [-0.4, -0.2) is 90.1 Å². The van der Waals surface area contributed by atoms with Crippen molar-refractivity contribution in [3.05, 3.63) is 59.7 Å². The maximum atomic E-state index is 13.8. The molecular weight excluding hydrogens is 522 g/mol. The molecule has 2 aromatic carbocycles. The first-order valence-electron chi connectivity index (χ1n) is 14.4. The van der Waals surface area contributed by atoms with Gasteiger partial charge in [-0.3, -0.25) is 19.3 Å². The van der Waals surface area contributed by atoms with Crippen LogP contribution >= 0.6 is 0 Å². The molecule has 0 spiro atoms. The minimum absolute atomic E-state index is 0.115. The number of amides is 3. The van der Waals surface area contributed by atoms with Gasteiger partial charge < -0.3 is 19.6 Å². The highest BCUT2D eigenvalue weighted by molar-refractivity contribution is 5.93. The van der Waals surface area contributed by atoms with Gasteiger partial charge in [-0.05, 0) is 41.5 Å². The van der Waals surface area contributed by atoms with Crippen molar-refractivity contribution in [1.82, 2.24) is 14.7 Å². The predicted octanol–water partition coefficient (Wildman–Crippen LogP) is 4.60. The Morgan fingerprint density at radius 3 is 2.00 bits per heavy atom. The molecule has 2 aliphatic rings. The number of aliphatic carboxylic acids is 1. The predicted molar refractivity (Wildman–Crippen MR) is 155 cm³/mol. The molecule has 4 rings (SSSR count).